The molecule has 2 heterocycles. The fourth-order valence-corrected chi connectivity index (χ4v) is 4.49. The second kappa shape index (κ2) is 11.9. The first kappa shape index (κ1) is 23.4. The van der Waals surface area contributed by atoms with E-state index < -0.39 is 0 Å². The molecule has 0 radical (unpaired) electrons. The minimum atomic E-state index is 0.233. The first-order valence-corrected chi connectivity index (χ1v) is 11.8. The number of guanidine groups is 1. The lowest BCUT2D eigenvalue weighted by Crippen LogP contribution is -2.44. The number of benzene rings is 1. The highest BCUT2D eigenvalue weighted by molar-refractivity contribution is 7.10. The van der Waals surface area contributed by atoms with Gasteiger partial charge in [0.25, 0.3) is 0 Å². The number of ether oxygens (including phenoxy) is 3. The summed E-state index contributed by atoms with van der Waals surface area (Å²) in [7, 11) is 1.65. The van der Waals surface area contributed by atoms with Gasteiger partial charge in [0.05, 0.1) is 39.0 Å². The van der Waals surface area contributed by atoms with Crippen LogP contribution in [0.5, 0.6) is 11.5 Å². The summed E-state index contributed by atoms with van der Waals surface area (Å²) in [5, 5.41) is 8.88. The summed E-state index contributed by atoms with van der Waals surface area (Å²) in [4.78, 5) is 8.74. The molecule has 1 fully saturated rings. The Labute approximate surface area is 189 Å². The van der Waals surface area contributed by atoms with Gasteiger partial charge in [-0.2, -0.15) is 0 Å². The largest absolute Gasteiger partial charge is 0.493 e. The third kappa shape index (κ3) is 6.59. The van der Waals surface area contributed by atoms with Crippen LogP contribution in [-0.2, 0) is 4.74 Å². The van der Waals surface area contributed by atoms with Crippen molar-refractivity contribution in [2.75, 3.05) is 51.8 Å². The molecule has 1 aromatic carbocycles. The topological polar surface area (TPSA) is 67.4 Å². The molecule has 0 amide bonds. The van der Waals surface area contributed by atoms with Gasteiger partial charge >= 0.3 is 0 Å². The Kier molecular flexibility index (Phi) is 8.99. The van der Waals surface area contributed by atoms with E-state index in [1.54, 1.807) is 18.4 Å². The molecule has 1 saturated heterocycles. The summed E-state index contributed by atoms with van der Waals surface area (Å²) >= 11 is 1.78. The summed E-state index contributed by atoms with van der Waals surface area (Å²) in [6.07, 6.45) is 0.239. The van der Waals surface area contributed by atoms with Crippen molar-refractivity contribution in [3.05, 3.63) is 40.6 Å². The molecule has 2 N–H and O–H groups in total. The van der Waals surface area contributed by atoms with Crippen molar-refractivity contribution in [3.63, 3.8) is 0 Å². The van der Waals surface area contributed by atoms with Crippen LogP contribution in [-0.4, -0.2) is 63.5 Å². The monoisotopic (exact) mass is 446 g/mol. The quantitative estimate of drug-likeness (QED) is 0.448. The van der Waals surface area contributed by atoms with Crippen LogP contribution >= 0.6 is 11.3 Å². The van der Waals surface area contributed by atoms with Crippen molar-refractivity contribution in [1.82, 2.24) is 10.2 Å². The molecule has 7 nitrogen and oxygen atoms in total. The predicted octanol–water partition coefficient (Wildman–Crippen LogP) is 3.99. The van der Waals surface area contributed by atoms with Gasteiger partial charge < -0.3 is 24.8 Å². The van der Waals surface area contributed by atoms with Crippen molar-refractivity contribution >= 4 is 23.0 Å². The van der Waals surface area contributed by atoms with E-state index in [1.165, 1.54) is 4.88 Å². The van der Waals surface area contributed by atoms with Gasteiger partial charge in [-0.05, 0) is 44.4 Å². The number of nitrogens with one attached hydrogen (secondary N) is 2. The minimum absolute atomic E-state index is 0.233. The molecule has 1 aliphatic rings. The van der Waals surface area contributed by atoms with Gasteiger partial charge in [0.15, 0.2) is 17.5 Å². The van der Waals surface area contributed by atoms with E-state index in [-0.39, 0.29) is 12.1 Å². The summed E-state index contributed by atoms with van der Waals surface area (Å²) in [5.41, 5.74) is 0.896. The zero-order valence-corrected chi connectivity index (χ0v) is 19.7. The highest BCUT2D eigenvalue weighted by Crippen LogP contribution is 2.30. The highest BCUT2D eigenvalue weighted by atomic mass is 32.1. The van der Waals surface area contributed by atoms with E-state index in [0.29, 0.717) is 18.9 Å². The molecule has 2 aromatic rings. The van der Waals surface area contributed by atoms with Gasteiger partial charge in [0.2, 0.25) is 0 Å². The third-order valence-corrected chi connectivity index (χ3v) is 6.05. The van der Waals surface area contributed by atoms with Crippen LogP contribution in [0.1, 0.15) is 31.7 Å². The van der Waals surface area contributed by atoms with E-state index in [2.05, 4.69) is 46.9 Å². The molecule has 0 bridgehead atoms. The Morgan fingerprint density at radius 1 is 1.32 bits per heavy atom. The second-order valence-corrected chi connectivity index (χ2v) is 8.33. The van der Waals surface area contributed by atoms with Crippen molar-refractivity contribution in [2.45, 2.75) is 32.9 Å². The van der Waals surface area contributed by atoms with Crippen LogP contribution in [0.15, 0.2) is 40.7 Å². The van der Waals surface area contributed by atoms with Gasteiger partial charge in [-0.1, -0.05) is 6.07 Å². The number of methoxy groups -OCH3 is 1. The Balaban J connectivity index is 1.76. The van der Waals surface area contributed by atoms with Crippen LogP contribution in [0.4, 0.5) is 5.69 Å². The molecule has 0 saturated carbocycles. The molecule has 0 spiro atoms. The van der Waals surface area contributed by atoms with Gasteiger partial charge in [-0.25, -0.2) is 0 Å². The number of hydrogen-bond acceptors (Lipinski definition) is 6. The fraction of sp³-hybridized carbons (Fsp3) is 0.522. The highest BCUT2D eigenvalue weighted by Gasteiger charge is 2.26. The molecule has 170 valence electrons. The number of hydrogen-bond donors (Lipinski definition) is 2. The average molecular weight is 447 g/mol. The maximum absolute atomic E-state index is 5.75. The Morgan fingerprint density at radius 3 is 2.87 bits per heavy atom. The Bertz CT molecular complexity index is 828. The molecule has 31 heavy (non-hydrogen) atoms. The number of aliphatic imine (C=N–C) groups is 1. The minimum Gasteiger partial charge on any atom is -0.493 e. The first-order chi connectivity index (χ1) is 15.1. The Morgan fingerprint density at radius 2 is 2.19 bits per heavy atom. The second-order valence-electron chi connectivity index (χ2n) is 7.35. The molecule has 3 rings (SSSR count). The predicted molar refractivity (Wildman–Crippen MR) is 128 cm³/mol. The van der Waals surface area contributed by atoms with Crippen molar-refractivity contribution < 1.29 is 14.2 Å². The lowest BCUT2D eigenvalue weighted by atomic mass is 10.1. The van der Waals surface area contributed by atoms with Crippen LogP contribution < -0.4 is 20.1 Å². The first-order valence-electron chi connectivity index (χ1n) is 10.9. The zero-order chi connectivity index (χ0) is 22.1. The van der Waals surface area contributed by atoms with Crippen molar-refractivity contribution in [1.29, 1.82) is 0 Å². The summed E-state index contributed by atoms with van der Waals surface area (Å²) in [5.74, 6) is 2.18. The van der Waals surface area contributed by atoms with Crippen molar-refractivity contribution in [3.8, 4) is 11.5 Å². The molecule has 2 unspecified atom stereocenters. The van der Waals surface area contributed by atoms with Gasteiger partial charge in [0.1, 0.15) is 0 Å². The van der Waals surface area contributed by atoms with Gasteiger partial charge in [-0.3, -0.25) is 9.89 Å². The Hall–Kier alpha value is -2.29. The van der Waals surface area contributed by atoms with E-state index in [4.69, 9.17) is 19.2 Å². The molecule has 1 aliphatic heterocycles. The maximum Gasteiger partial charge on any atom is 0.195 e. The third-order valence-electron chi connectivity index (χ3n) is 5.08. The molecular weight excluding hydrogens is 412 g/mol. The van der Waals surface area contributed by atoms with Crippen LogP contribution in [0.2, 0.25) is 0 Å². The lowest BCUT2D eigenvalue weighted by molar-refractivity contribution is -0.0327. The lowest BCUT2D eigenvalue weighted by Gasteiger charge is -2.36. The van der Waals surface area contributed by atoms with Crippen molar-refractivity contribution in [2.24, 2.45) is 4.99 Å². The van der Waals surface area contributed by atoms with Crippen LogP contribution in [0.25, 0.3) is 0 Å². The average Bonchev–Trinajstić information content (AvgIpc) is 3.30. The van der Waals surface area contributed by atoms with Crippen LogP contribution in [0, 0.1) is 0 Å². The van der Waals surface area contributed by atoms with E-state index >= 15 is 0 Å². The standard InChI is InChI=1S/C23H34N4O3S/c1-5-24-23(26-18-9-10-20(29-6-2)21(14-18)28-4)25-15-19(22-8-7-13-31-22)27-11-12-30-17(3)16-27/h7-10,13-14,17,19H,5-6,11-12,15-16H2,1-4H3,(H2,24,25,26). The SMILES string of the molecule is CCNC(=NCC(c1cccs1)N1CCOC(C)C1)Nc1ccc(OCC)c(OC)c1. The molecular formula is C23H34N4O3S. The van der Waals surface area contributed by atoms with Gasteiger partial charge in [-0.15, -0.1) is 11.3 Å². The molecule has 8 heteroatoms. The van der Waals surface area contributed by atoms with E-state index in [1.807, 2.05) is 25.1 Å². The summed E-state index contributed by atoms with van der Waals surface area (Å²) < 4.78 is 16.8. The number of anilines is 1. The molecule has 2 atom stereocenters. The number of morpholine rings is 1. The number of rotatable bonds is 9. The normalized spacial score (nSPS) is 18.5. The van der Waals surface area contributed by atoms with E-state index in [0.717, 1.165) is 43.6 Å². The summed E-state index contributed by atoms with van der Waals surface area (Å²) in [6, 6.07) is 10.4. The smallest absolute Gasteiger partial charge is 0.195 e. The zero-order valence-electron chi connectivity index (χ0n) is 18.9. The number of nitrogens with zero attached hydrogens (tertiary/aromatic N) is 2. The van der Waals surface area contributed by atoms with Crippen LogP contribution in [0.3, 0.4) is 0 Å². The molecule has 1 aromatic heterocycles. The fourth-order valence-electron chi connectivity index (χ4n) is 3.64. The number of thiophene rings is 1. The van der Waals surface area contributed by atoms with E-state index in [9.17, 15) is 0 Å². The maximum atomic E-state index is 5.75. The van der Waals surface area contributed by atoms with Gasteiger partial charge in [0, 0.05) is 36.3 Å². The molecule has 0 aliphatic carbocycles. The summed E-state index contributed by atoms with van der Waals surface area (Å²) in [6.45, 7) is 10.8.